The fourth-order valence-electron chi connectivity index (χ4n) is 2.67. The number of halogens is 1. The average molecular weight is 328 g/mol. The van der Waals surface area contributed by atoms with Crippen molar-refractivity contribution in [2.45, 2.75) is 31.7 Å². The molecule has 0 spiro atoms. The van der Waals surface area contributed by atoms with Crippen molar-refractivity contribution in [3.8, 4) is 5.75 Å². The first-order valence-corrected chi connectivity index (χ1v) is 7.68. The maximum atomic E-state index is 6.36. The van der Waals surface area contributed by atoms with E-state index in [-0.39, 0.29) is 6.04 Å². The average Bonchev–Trinajstić information content (AvgIpc) is 2.94. The Kier molecular flexibility index (Phi) is 5.67. The van der Waals surface area contributed by atoms with Gasteiger partial charge in [0.2, 0.25) is 0 Å². The molecule has 0 aliphatic heterocycles. The van der Waals surface area contributed by atoms with E-state index in [0.29, 0.717) is 19.1 Å². The lowest BCUT2D eigenvalue weighted by atomic mass is 9.92. The number of ether oxygens (including phenoxy) is 2. The van der Waals surface area contributed by atoms with E-state index in [1.165, 1.54) is 31.2 Å². The molecule has 106 valence electrons. The molecule has 2 N–H and O–H groups in total. The van der Waals surface area contributed by atoms with Gasteiger partial charge in [0.25, 0.3) is 0 Å². The minimum Gasteiger partial charge on any atom is -0.490 e. The van der Waals surface area contributed by atoms with Gasteiger partial charge in [-0.2, -0.15) is 0 Å². The minimum atomic E-state index is 0.145. The first kappa shape index (κ1) is 14.8. The summed E-state index contributed by atoms with van der Waals surface area (Å²) in [7, 11) is 1.67. The second kappa shape index (κ2) is 7.27. The normalized spacial score (nSPS) is 17.6. The molecule has 0 saturated heterocycles. The van der Waals surface area contributed by atoms with Crippen LogP contribution in [0.15, 0.2) is 22.7 Å². The summed E-state index contributed by atoms with van der Waals surface area (Å²) >= 11 is 3.55. The molecule has 1 saturated carbocycles. The van der Waals surface area contributed by atoms with Crippen molar-refractivity contribution < 1.29 is 9.47 Å². The van der Waals surface area contributed by atoms with E-state index in [1.54, 1.807) is 7.11 Å². The Morgan fingerprint density at radius 2 is 2.05 bits per heavy atom. The highest BCUT2D eigenvalue weighted by Crippen LogP contribution is 2.36. The lowest BCUT2D eigenvalue weighted by molar-refractivity contribution is 0.146. The summed E-state index contributed by atoms with van der Waals surface area (Å²) in [6.45, 7) is 1.15. The van der Waals surface area contributed by atoms with Crippen LogP contribution in [0.5, 0.6) is 5.75 Å². The number of benzene rings is 1. The van der Waals surface area contributed by atoms with Crippen molar-refractivity contribution in [2.24, 2.45) is 11.7 Å². The summed E-state index contributed by atoms with van der Waals surface area (Å²) < 4.78 is 11.6. The fourth-order valence-corrected chi connectivity index (χ4v) is 3.18. The van der Waals surface area contributed by atoms with Gasteiger partial charge in [-0.15, -0.1) is 0 Å². The molecule has 1 fully saturated rings. The Morgan fingerprint density at radius 3 is 2.68 bits per heavy atom. The number of hydrogen-bond donors (Lipinski definition) is 1. The molecule has 0 aromatic heterocycles. The van der Waals surface area contributed by atoms with Crippen LogP contribution in [0.4, 0.5) is 0 Å². The molecule has 19 heavy (non-hydrogen) atoms. The number of hydrogen-bond acceptors (Lipinski definition) is 3. The Labute approximate surface area is 123 Å². The molecule has 0 amide bonds. The van der Waals surface area contributed by atoms with Gasteiger partial charge in [-0.25, -0.2) is 0 Å². The topological polar surface area (TPSA) is 44.5 Å². The second-order valence-corrected chi connectivity index (χ2v) is 5.96. The molecule has 0 heterocycles. The predicted molar refractivity (Wildman–Crippen MR) is 80.4 cm³/mol. The summed E-state index contributed by atoms with van der Waals surface area (Å²) in [4.78, 5) is 0. The van der Waals surface area contributed by atoms with Crippen LogP contribution in [0.2, 0.25) is 0 Å². The van der Waals surface area contributed by atoms with Crippen LogP contribution in [-0.2, 0) is 4.74 Å². The highest BCUT2D eigenvalue weighted by Gasteiger charge is 2.23. The molecule has 1 aromatic carbocycles. The summed E-state index contributed by atoms with van der Waals surface area (Å²) in [5, 5.41) is 0. The monoisotopic (exact) mass is 327 g/mol. The molecule has 0 bridgehead atoms. The zero-order valence-corrected chi connectivity index (χ0v) is 13.0. The molecule has 1 aliphatic rings. The van der Waals surface area contributed by atoms with E-state index in [0.717, 1.165) is 10.2 Å². The largest absolute Gasteiger partial charge is 0.490 e. The molecular formula is C15H22BrNO2. The summed E-state index contributed by atoms with van der Waals surface area (Å²) in [5.74, 6) is 1.48. The van der Waals surface area contributed by atoms with Crippen LogP contribution < -0.4 is 10.5 Å². The number of rotatable bonds is 6. The zero-order chi connectivity index (χ0) is 13.7. The lowest BCUT2D eigenvalue weighted by Gasteiger charge is -2.20. The fraction of sp³-hybridized carbons (Fsp3) is 0.600. The van der Waals surface area contributed by atoms with Gasteiger partial charge in [0.15, 0.2) is 0 Å². The summed E-state index contributed by atoms with van der Waals surface area (Å²) in [6.07, 6.45) is 5.14. The molecule has 1 aromatic rings. The van der Waals surface area contributed by atoms with Gasteiger partial charge in [0.1, 0.15) is 12.4 Å². The van der Waals surface area contributed by atoms with Crippen molar-refractivity contribution in [3.63, 3.8) is 0 Å². The van der Waals surface area contributed by atoms with Crippen LogP contribution in [0.25, 0.3) is 0 Å². The molecule has 1 aliphatic carbocycles. The Hall–Kier alpha value is -0.580. The maximum Gasteiger partial charge on any atom is 0.133 e. The lowest BCUT2D eigenvalue weighted by Crippen LogP contribution is -2.19. The van der Waals surface area contributed by atoms with Gasteiger partial charge in [-0.1, -0.05) is 18.9 Å². The third-order valence-electron chi connectivity index (χ3n) is 3.79. The summed E-state index contributed by atoms with van der Waals surface area (Å²) in [5.41, 5.74) is 7.55. The highest BCUT2D eigenvalue weighted by atomic mass is 79.9. The zero-order valence-electron chi connectivity index (χ0n) is 11.4. The maximum absolute atomic E-state index is 6.36. The van der Waals surface area contributed by atoms with Gasteiger partial charge < -0.3 is 15.2 Å². The van der Waals surface area contributed by atoms with E-state index in [1.807, 2.05) is 6.07 Å². The van der Waals surface area contributed by atoms with E-state index in [9.17, 15) is 0 Å². The van der Waals surface area contributed by atoms with Gasteiger partial charge in [0, 0.05) is 13.2 Å². The van der Waals surface area contributed by atoms with Gasteiger partial charge >= 0.3 is 0 Å². The summed E-state index contributed by atoms with van der Waals surface area (Å²) in [6, 6.07) is 6.30. The van der Waals surface area contributed by atoms with Crippen molar-refractivity contribution in [3.05, 3.63) is 28.2 Å². The van der Waals surface area contributed by atoms with Gasteiger partial charge in [0.05, 0.1) is 11.1 Å². The van der Waals surface area contributed by atoms with Crippen LogP contribution >= 0.6 is 15.9 Å². The van der Waals surface area contributed by atoms with Crippen LogP contribution in [0.1, 0.15) is 37.3 Å². The predicted octanol–water partition coefficient (Wildman–Crippen LogP) is 3.66. The third kappa shape index (κ3) is 3.94. The molecule has 1 unspecified atom stereocenters. The molecule has 0 radical (unpaired) electrons. The molecule has 4 heteroatoms. The van der Waals surface area contributed by atoms with Gasteiger partial charge in [-0.3, -0.25) is 0 Å². The van der Waals surface area contributed by atoms with Crippen LogP contribution in [-0.4, -0.2) is 20.3 Å². The van der Waals surface area contributed by atoms with E-state index in [4.69, 9.17) is 15.2 Å². The van der Waals surface area contributed by atoms with Crippen molar-refractivity contribution in [2.75, 3.05) is 20.3 Å². The van der Waals surface area contributed by atoms with Crippen LogP contribution in [0, 0.1) is 5.92 Å². The van der Waals surface area contributed by atoms with Crippen molar-refractivity contribution >= 4 is 15.9 Å². The van der Waals surface area contributed by atoms with Crippen molar-refractivity contribution in [1.82, 2.24) is 0 Å². The van der Waals surface area contributed by atoms with Gasteiger partial charge in [-0.05, 0) is 52.4 Å². The quantitative estimate of drug-likeness (QED) is 0.811. The number of nitrogens with two attached hydrogens (primary N) is 1. The van der Waals surface area contributed by atoms with Crippen LogP contribution in [0.3, 0.4) is 0 Å². The van der Waals surface area contributed by atoms with E-state index in [2.05, 4.69) is 28.1 Å². The first-order chi connectivity index (χ1) is 9.22. The SMILES string of the molecule is COCCOc1ccc(C(N)C2CCCC2)cc1Br. The smallest absolute Gasteiger partial charge is 0.133 e. The Balaban J connectivity index is 2.00. The molecule has 2 rings (SSSR count). The second-order valence-electron chi connectivity index (χ2n) is 5.10. The number of methoxy groups -OCH3 is 1. The standard InChI is InChI=1S/C15H22BrNO2/c1-18-8-9-19-14-7-6-12(10-13(14)16)15(17)11-4-2-3-5-11/h6-7,10-11,15H,2-5,8-9,17H2,1H3. The third-order valence-corrected chi connectivity index (χ3v) is 4.41. The van der Waals surface area contributed by atoms with Crippen molar-refractivity contribution in [1.29, 1.82) is 0 Å². The highest BCUT2D eigenvalue weighted by molar-refractivity contribution is 9.10. The molecular weight excluding hydrogens is 306 g/mol. The first-order valence-electron chi connectivity index (χ1n) is 6.89. The molecule has 1 atom stereocenters. The van der Waals surface area contributed by atoms with E-state index >= 15 is 0 Å². The van der Waals surface area contributed by atoms with E-state index < -0.39 is 0 Å². The minimum absolute atomic E-state index is 0.145. The Bertz CT molecular complexity index is 405. The molecule has 3 nitrogen and oxygen atoms in total. The Morgan fingerprint density at radius 1 is 1.32 bits per heavy atom.